The fourth-order valence-corrected chi connectivity index (χ4v) is 3.47. The molecule has 4 nitrogen and oxygen atoms in total. The third kappa shape index (κ3) is 5.46. The van der Waals surface area contributed by atoms with Gasteiger partial charge in [-0.25, -0.2) is 9.18 Å². The average molecular weight is 386 g/mol. The number of rotatable bonds is 4. The van der Waals surface area contributed by atoms with E-state index in [1.165, 1.54) is 12.1 Å². The lowest BCUT2D eigenvalue weighted by Gasteiger charge is -2.33. The van der Waals surface area contributed by atoms with Crippen LogP contribution in [0.15, 0.2) is 42.5 Å². The summed E-state index contributed by atoms with van der Waals surface area (Å²) in [5.74, 6) is 2.21. The Bertz CT molecular complexity index is 865. The fraction of sp³-hybridized carbons (Fsp3) is 0.286. The normalized spacial score (nSPS) is 17.1. The van der Waals surface area contributed by atoms with E-state index in [1.807, 2.05) is 6.07 Å². The SMILES string of the molecule is C#Cc1cccc(NC(=O)NC2CCCN(Cc3ccc(F)cc3Cl)C2)c1. The van der Waals surface area contributed by atoms with E-state index in [2.05, 4.69) is 21.5 Å². The maximum absolute atomic E-state index is 13.2. The molecule has 0 aromatic heterocycles. The predicted octanol–water partition coefficient (Wildman–Crippen LogP) is 4.25. The maximum atomic E-state index is 13.2. The number of anilines is 1. The third-order valence-electron chi connectivity index (χ3n) is 4.54. The molecule has 2 aromatic rings. The smallest absolute Gasteiger partial charge is 0.319 e. The van der Waals surface area contributed by atoms with Crippen molar-refractivity contribution in [2.24, 2.45) is 0 Å². The highest BCUT2D eigenvalue weighted by Gasteiger charge is 2.22. The molecular weight excluding hydrogens is 365 g/mol. The number of urea groups is 1. The zero-order valence-electron chi connectivity index (χ0n) is 14.8. The number of nitrogens with zero attached hydrogens (tertiary/aromatic N) is 1. The number of nitrogens with one attached hydrogen (secondary N) is 2. The Hall–Kier alpha value is -2.55. The number of halogens is 2. The first kappa shape index (κ1) is 19.2. The topological polar surface area (TPSA) is 44.4 Å². The highest BCUT2D eigenvalue weighted by Crippen LogP contribution is 2.21. The second kappa shape index (κ2) is 8.90. The van der Waals surface area contributed by atoms with Gasteiger partial charge in [0.15, 0.2) is 0 Å². The van der Waals surface area contributed by atoms with Crippen molar-refractivity contribution in [1.29, 1.82) is 0 Å². The first-order valence-electron chi connectivity index (χ1n) is 8.84. The monoisotopic (exact) mass is 385 g/mol. The minimum atomic E-state index is -0.340. The van der Waals surface area contributed by atoms with Gasteiger partial charge in [0, 0.05) is 35.4 Å². The number of piperidine rings is 1. The Morgan fingerprint density at radius 2 is 2.19 bits per heavy atom. The van der Waals surface area contributed by atoms with Crippen LogP contribution in [0.1, 0.15) is 24.0 Å². The molecule has 6 heteroatoms. The van der Waals surface area contributed by atoms with E-state index in [4.69, 9.17) is 18.0 Å². The summed E-state index contributed by atoms with van der Waals surface area (Å²) < 4.78 is 13.2. The summed E-state index contributed by atoms with van der Waals surface area (Å²) in [7, 11) is 0. The molecule has 1 aliphatic heterocycles. The lowest BCUT2D eigenvalue weighted by Crippen LogP contribution is -2.48. The Morgan fingerprint density at radius 1 is 1.33 bits per heavy atom. The van der Waals surface area contributed by atoms with Crippen LogP contribution >= 0.6 is 11.6 Å². The van der Waals surface area contributed by atoms with Gasteiger partial charge in [-0.1, -0.05) is 29.7 Å². The number of amides is 2. The van der Waals surface area contributed by atoms with Crippen molar-refractivity contribution in [1.82, 2.24) is 10.2 Å². The zero-order chi connectivity index (χ0) is 19.2. The number of likely N-dealkylation sites (tertiary alicyclic amines) is 1. The van der Waals surface area contributed by atoms with Crippen LogP contribution in [-0.2, 0) is 6.54 Å². The highest BCUT2D eigenvalue weighted by molar-refractivity contribution is 6.31. The summed E-state index contributed by atoms with van der Waals surface area (Å²) in [5, 5.41) is 6.25. The van der Waals surface area contributed by atoms with Gasteiger partial charge in [-0.2, -0.15) is 0 Å². The summed E-state index contributed by atoms with van der Waals surface area (Å²) in [4.78, 5) is 14.5. The van der Waals surface area contributed by atoms with E-state index in [0.717, 1.165) is 24.9 Å². The van der Waals surface area contributed by atoms with Crippen molar-refractivity contribution in [3.8, 4) is 12.3 Å². The molecule has 2 aromatic carbocycles. The van der Waals surface area contributed by atoms with E-state index in [1.54, 1.807) is 24.3 Å². The molecule has 1 heterocycles. The summed E-state index contributed by atoms with van der Waals surface area (Å²) in [6, 6.07) is 11.4. The lowest BCUT2D eigenvalue weighted by atomic mass is 10.0. The van der Waals surface area contributed by atoms with Crippen LogP contribution in [-0.4, -0.2) is 30.1 Å². The van der Waals surface area contributed by atoms with Gasteiger partial charge in [-0.05, 0) is 55.3 Å². The molecule has 0 aliphatic carbocycles. The van der Waals surface area contributed by atoms with Crippen molar-refractivity contribution >= 4 is 23.3 Å². The Kier molecular flexibility index (Phi) is 6.33. The summed E-state index contributed by atoms with van der Waals surface area (Å²) in [6.07, 6.45) is 7.26. The molecule has 0 spiro atoms. The number of benzene rings is 2. The fourth-order valence-electron chi connectivity index (χ4n) is 3.25. The quantitative estimate of drug-likeness (QED) is 0.773. The molecule has 1 unspecified atom stereocenters. The van der Waals surface area contributed by atoms with Gasteiger partial charge in [0.1, 0.15) is 5.82 Å². The van der Waals surface area contributed by atoms with E-state index < -0.39 is 0 Å². The van der Waals surface area contributed by atoms with E-state index in [-0.39, 0.29) is 17.9 Å². The summed E-state index contributed by atoms with van der Waals surface area (Å²) >= 11 is 6.12. The van der Waals surface area contributed by atoms with Gasteiger partial charge >= 0.3 is 6.03 Å². The molecule has 1 atom stereocenters. The molecule has 0 radical (unpaired) electrons. The minimum absolute atomic E-state index is 0.0359. The molecule has 2 amide bonds. The minimum Gasteiger partial charge on any atom is -0.334 e. The number of carbonyl (C=O) groups is 1. The Morgan fingerprint density at radius 3 is 2.96 bits per heavy atom. The van der Waals surface area contributed by atoms with Crippen molar-refractivity contribution in [2.45, 2.75) is 25.4 Å². The molecule has 27 heavy (non-hydrogen) atoms. The first-order valence-corrected chi connectivity index (χ1v) is 9.22. The molecule has 140 valence electrons. The maximum Gasteiger partial charge on any atom is 0.319 e. The van der Waals surface area contributed by atoms with Gasteiger partial charge < -0.3 is 10.6 Å². The van der Waals surface area contributed by atoms with E-state index in [0.29, 0.717) is 29.4 Å². The lowest BCUT2D eigenvalue weighted by molar-refractivity contribution is 0.183. The van der Waals surface area contributed by atoms with Crippen molar-refractivity contribution in [3.05, 3.63) is 64.4 Å². The molecular formula is C21H21ClFN3O. The molecule has 0 saturated carbocycles. The van der Waals surface area contributed by atoms with Gasteiger partial charge in [-0.15, -0.1) is 6.42 Å². The van der Waals surface area contributed by atoms with E-state index in [9.17, 15) is 9.18 Å². The van der Waals surface area contributed by atoms with Gasteiger partial charge in [0.25, 0.3) is 0 Å². The summed E-state index contributed by atoms with van der Waals surface area (Å²) in [5.41, 5.74) is 2.26. The number of hydrogen-bond acceptors (Lipinski definition) is 2. The molecule has 1 aliphatic rings. The van der Waals surface area contributed by atoms with Crippen molar-refractivity contribution in [2.75, 3.05) is 18.4 Å². The van der Waals surface area contributed by atoms with Crippen LogP contribution in [0.2, 0.25) is 5.02 Å². The van der Waals surface area contributed by atoms with Crippen LogP contribution < -0.4 is 10.6 Å². The van der Waals surface area contributed by atoms with Crippen LogP contribution in [0.25, 0.3) is 0 Å². The first-order chi connectivity index (χ1) is 13.0. The van der Waals surface area contributed by atoms with Crippen molar-refractivity contribution in [3.63, 3.8) is 0 Å². The molecule has 0 bridgehead atoms. The van der Waals surface area contributed by atoms with Crippen LogP contribution in [0.4, 0.5) is 14.9 Å². The highest BCUT2D eigenvalue weighted by atomic mass is 35.5. The summed E-state index contributed by atoms with van der Waals surface area (Å²) in [6.45, 7) is 2.26. The van der Waals surface area contributed by atoms with Crippen LogP contribution in [0.3, 0.4) is 0 Å². The second-order valence-corrected chi connectivity index (χ2v) is 7.04. The van der Waals surface area contributed by atoms with E-state index >= 15 is 0 Å². The van der Waals surface area contributed by atoms with Crippen LogP contribution in [0.5, 0.6) is 0 Å². The average Bonchev–Trinajstić information content (AvgIpc) is 2.64. The second-order valence-electron chi connectivity index (χ2n) is 6.63. The van der Waals surface area contributed by atoms with Crippen molar-refractivity contribution < 1.29 is 9.18 Å². The molecule has 1 fully saturated rings. The Balaban J connectivity index is 1.54. The van der Waals surface area contributed by atoms with Gasteiger partial charge in [0.05, 0.1) is 0 Å². The number of carbonyl (C=O) groups excluding carboxylic acids is 1. The predicted molar refractivity (Wildman–Crippen MR) is 106 cm³/mol. The number of hydrogen-bond donors (Lipinski definition) is 2. The standard InChI is InChI=1S/C21H21ClFN3O/c1-2-15-5-3-6-18(11-15)24-21(27)25-19-7-4-10-26(14-19)13-16-8-9-17(23)12-20(16)22/h1,3,5-6,8-9,11-12,19H,4,7,10,13-14H2,(H2,24,25,27). The van der Waals surface area contributed by atoms with Crippen LogP contribution in [0, 0.1) is 18.2 Å². The molecule has 3 rings (SSSR count). The molecule has 1 saturated heterocycles. The zero-order valence-corrected chi connectivity index (χ0v) is 15.6. The Labute approximate surface area is 163 Å². The largest absolute Gasteiger partial charge is 0.334 e. The molecule has 2 N–H and O–H groups in total. The number of terminal acetylenes is 1. The third-order valence-corrected chi connectivity index (χ3v) is 4.89. The van der Waals surface area contributed by atoms with Gasteiger partial charge in [-0.3, -0.25) is 4.90 Å². The van der Waals surface area contributed by atoms with Gasteiger partial charge in [0.2, 0.25) is 0 Å².